The molecule has 0 bridgehead atoms. The Labute approximate surface area is 128 Å². The monoisotopic (exact) mass is 385 g/mol. The highest BCUT2D eigenvalue weighted by atomic mass is 79.9. The molecular formula is C14H13Br2NO2. The minimum Gasteiger partial charge on any atom is -0.496 e. The molecule has 1 atom stereocenters. The van der Waals surface area contributed by atoms with Gasteiger partial charge in [-0.3, -0.25) is 4.98 Å². The van der Waals surface area contributed by atoms with Crippen LogP contribution in [-0.4, -0.2) is 17.2 Å². The van der Waals surface area contributed by atoms with Crippen molar-refractivity contribution in [1.29, 1.82) is 0 Å². The molecule has 1 N–H and O–H groups in total. The van der Waals surface area contributed by atoms with Gasteiger partial charge in [0.1, 0.15) is 5.75 Å². The maximum atomic E-state index is 10.3. The molecule has 0 saturated carbocycles. The molecule has 5 heteroatoms. The van der Waals surface area contributed by atoms with E-state index in [1.54, 1.807) is 13.3 Å². The van der Waals surface area contributed by atoms with Crippen LogP contribution in [0.5, 0.6) is 5.75 Å². The first-order chi connectivity index (χ1) is 9.10. The number of rotatable bonds is 4. The summed E-state index contributed by atoms with van der Waals surface area (Å²) in [5.41, 5.74) is 1.59. The molecule has 0 aliphatic carbocycles. The van der Waals surface area contributed by atoms with Gasteiger partial charge in [0.2, 0.25) is 0 Å². The third kappa shape index (κ3) is 3.78. The number of ether oxygens (including phenoxy) is 1. The highest BCUT2D eigenvalue weighted by Crippen LogP contribution is 2.30. The second-order valence-electron chi connectivity index (χ2n) is 4.07. The molecule has 3 nitrogen and oxygen atoms in total. The minimum absolute atomic E-state index is 0.450. The third-order valence-corrected chi connectivity index (χ3v) is 3.71. The van der Waals surface area contributed by atoms with Gasteiger partial charge >= 0.3 is 0 Å². The Morgan fingerprint density at radius 2 is 1.95 bits per heavy atom. The molecule has 2 aromatic rings. The first-order valence-corrected chi connectivity index (χ1v) is 7.30. The Hall–Kier alpha value is -0.910. The van der Waals surface area contributed by atoms with Gasteiger partial charge in [0.05, 0.1) is 13.2 Å². The number of methoxy groups -OCH3 is 1. The number of hydrogen-bond donors (Lipinski definition) is 1. The topological polar surface area (TPSA) is 42.4 Å². The van der Waals surface area contributed by atoms with Crippen LogP contribution in [-0.2, 0) is 6.42 Å². The molecule has 100 valence electrons. The Morgan fingerprint density at radius 1 is 1.21 bits per heavy atom. The van der Waals surface area contributed by atoms with Crippen LogP contribution in [0, 0.1) is 0 Å². The first-order valence-electron chi connectivity index (χ1n) is 5.72. The summed E-state index contributed by atoms with van der Waals surface area (Å²) in [4.78, 5) is 4.26. The van der Waals surface area contributed by atoms with Crippen molar-refractivity contribution in [2.75, 3.05) is 7.11 Å². The van der Waals surface area contributed by atoms with Crippen molar-refractivity contribution in [3.63, 3.8) is 0 Å². The largest absolute Gasteiger partial charge is 0.496 e. The summed E-state index contributed by atoms with van der Waals surface area (Å²) in [5.74, 6) is 0.666. The second kappa shape index (κ2) is 6.50. The lowest BCUT2D eigenvalue weighted by molar-refractivity contribution is 0.173. The summed E-state index contributed by atoms with van der Waals surface area (Å²) in [5, 5.41) is 10.3. The van der Waals surface area contributed by atoms with E-state index in [1.807, 2.05) is 30.3 Å². The molecule has 2 rings (SSSR count). The van der Waals surface area contributed by atoms with Crippen LogP contribution in [0.25, 0.3) is 0 Å². The molecule has 1 unspecified atom stereocenters. The van der Waals surface area contributed by atoms with Gasteiger partial charge in [0.15, 0.2) is 0 Å². The van der Waals surface area contributed by atoms with E-state index in [9.17, 15) is 5.11 Å². The summed E-state index contributed by atoms with van der Waals surface area (Å²) in [7, 11) is 1.59. The molecule has 0 spiro atoms. The van der Waals surface area contributed by atoms with Crippen LogP contribution < -0.4 is 4.74 Å². The smallest absolute Gasteiger partial charge is 0.125 e. The lowest BCUT2D eigenvalue weighted by Crippen LogP contribution is -2.05. The minimum atomic E-state index is -0.642. The number of aliphatic hydroxyl groups excluding tert-OH is 1. The van der Waals surface area contributed by atoms with E-state index < -0.39 is 6.10 Å². The molecule has 0 amide bonds. The van der Waals surface area contributed by atoms with Crippen LogP contribution in [0.15, 0.2) is 45.5 Å². The van der Waals surface area contributed by atoms with Crippen LogP contribution in [0.3, 0.4) is 0 Å². The fraction of sp³-hybridized carbons (Fsp3) is 0.214. The zero-order chi connectivity index (χ0) is 13.8. The average molecular weight is 387 g/mol. The van der Waals surface area contributed by atoms with Gasteiger partial charge in [-0.25, -0.2) is 0 Å². The lowest BCUT2D eigenvalue weighted by atomic mass is 10.0. The number of benzene rings is 1. The quantitative estimate of drug-likeness (QED) is 0.866. The predicted octanol–water partition coefficient (Wildman–Crippen LogP) is 3.89. The van der Waals surface area contributed by atoms with E-state index in [-0.39, 0.29) is 0 Å². The van der Waals surface area contributed by atoms with Gasteiger partial charge in [-0.1, -0.05) is 22.0 Å². The summed E-state index contributed by atoms with van der Waals surface area (Å²) in [6.07, 6.45) is 1.53. The van der Waals surface area contributed by atoms with Gasteiger partial charge in [0, 0.05) is 32.8 Å². The van der Waals surface area contributed by atoms with E-state index >= 15 is 0 Å². The van der Waals surface area contributed by atoms with E-state index in [0.717, 1.165) is 20.2 Å². The van der Waals surface area contributed by atoms with E-state index in [1.165, 1.54) is 0 Å². The van der Waals surface area contributed by atoms with Crippen LogP contribution >= 0.6 is 31.9 Å². The summed E-state index contributed by atoms with van der Waals surface area (Å²) >= 11 is 6.72. The average Bonchev–Trinajstić information content (AvgIpc) is 2.41. The molecule has 0 aliphatic rings. The molecule has 0 saturated heterocycles. The van der Waals surface area contributed by atoms with Gasteiger partial charge in [-0.05, 0) is 40.2 Å². The van der Waals surface area contributed by atoms with Crippen molar-refractivity contribution in [2.45, 2.75) is 12.5 Å². The Kier molecular flexibility index (Phi) is 4.96. The zero-order valence-corrected chi connectivity index (χ0v) is 13.5. The summed E-state index contributed by atoms with van der Waals surface area (Å²) < 4.78 is 7.13. The number of halogens is 2. The number of aliphatic hydroxyl groups is 1. The van der Waals surface area contributed by atoms with Crippen molar-refractivity contribution in [2.24, 2.45) is 0 Å². The van der Waals surface area contributed by atoms with Gasteiger partial charge in [-0.2, -0.15) is 0 Å². The number of pyridine rings is 1. The van der Waals surface area contributed by atoms with Crippen LogP contribution in [0.1, 0.15) is 17.4 Å². The lowest BCUT2D eigenvalue weighted by Gasteiger charge is -2.14. The molecule has 0 radical (unpaired) electrons. The summed E-state index contributed by atoms with van der Waals surface area (Å²) in [6, 6.07) is 9.38. The standard InChI is InChI=1S/C14H13Br2NO2/c1-19-14-6-9(15)3-5-12(14)13(18)7-11-4-2-10(16)8-17-11/h2-6,8,13,18H,7H2,1H3. The first kappa shape index (κ1) is 14.5. The van der Waals surface area contributed by atoms with Gasteiger partial charge in [0.25, 0.3) is 0 Å². The molecule has 19 heavy (non-hydrogen) atoms. The van der Waals surface area contributed by atoms with Crippen molar-refractivity contribution < 1.29 is 9.84 Å². The van der Waals surface area contributed by atoms with Crippen LogP contribution in [0.4, 0.5) is 0 Å². The molecule has 0 aliphatic heterocycles. The van der Waals surface area contributed by atoms with E-state index in [0.29, 0.717) is 12.2 Å². The zero-order valence-electron chi connectivity index (χ0n) is 10.3. The fourth-order valence-corrected chi connectivity index (χ4v) is 2.37. The number of nitrogens with zero attached hydrogens (tertiary/aromatic N) is 1. The highest BCUT2D eigenvalue weighted by Gasteiger charge is 2.14. The number of hydrogen-bond acceptors (Lipinski definition) is 3. The Balaban J connectivity index is 2.19. The van der Waals surface area contributed by atoms with E-state index in [4.69, 9.17) is 4.74 Å². The van der Waals surface area contributed by atoms with E-state index in [2.05, 4.69) is 36.8 Å². The fourth-order valence-electron chi connectivity index (χ4n) is 1.80. The Morgan fingerprint density at radius 3 is 2.58 bits per heavy atom. The number of aromatic nitrogens is 1. The normalized spacial score (nSPS) is 12.2. The molecule has 0 fully saturated rings. The van der Waals surface area contributed by atoms with Crippen molar-refractivity contribution in [3.8, 4) is 5.75 Å². The van der Waals surface area contributed by atoms with Crippen LogP contribution in [0.2, 0.25) is 0 Å². The molecule has 1 aromatic heterocycles. The van der Waals surface area contributed by atoms with Crippen molar-refractivity contribution >= 4 is 31.9 Å². The maximum absolute atomic E-state index is 10.3. The highest BCUT2D eigenvalue weighted by molar-refractivity contribution is 9.10. The second-order valence-corrected chi connectivity index (χ2v) is 5.91. The maximum Gasteiger partial charge on any atom is 0.125 e. The van der Waals surface area contributed by atoms with Gasteiger partial charge in [-0.15, -0.1) is 0 Å². The van der Waals surface area contributed by atoms with Gasteiger partial charge < -0.3 is 9.84 Å². The SMILES string of the molecule is COc1cc(Br)ccc1C(O)Cc1ccc(Br)cn1. The molecular weight excluding hydrogens is 374 g/mol. The Bertz CT molecular complexity index is 558. The molecule has 1 aromatic carbocycles. The molecule has 1 heterocycles. The predicted molar refractivity (Wildman–Crippen MR) is 81.3 cm³/mol. The van der Waals surface area contributed by atoms with Crippen molar-refractivity contribution in [3.05, 3.63) is 56.7 Å². The summed E-state index contributed by atoms with van der Waals surface area (Å²) in [6.45, 7) is 0. The third-order valence-electron chi connectivity index (χ3n) is 2.75. The van der Waals surface area contributed by atoms with Crippen molar-refractivity contribution in [1.82, 2.24) is 4.98 Å².